The number of amides is 2. The van der Waals surface area contributed by atoms with Gasteiger partial charge in [-0.3, -0.25) is 9.59 Å². The SMILES string of the molecule is CCOC(=O)/C(C)=C/[C@H](C(C)C)N(C)C(=O)[C@@H](NC(=O)[C@@H](O)C(C)(C)c1ccccc1)C(C)(C)C. The molecule has 0 aliphatic rings. The van der Waals surface area contributed by atoms with Gasteiger partial charge in [0.1, 0.15) is 12.1 Å². The van der Waals surface area contributed by atoms with Gasteiger partial charge in [-0.1, -0.05) is 84.9 Å². The Morgan fingerprint density at radius 3 is 2.09 bits per heavy atom. The number of aliphatic hydroxyl groups excluding tert-OH is 1. The lowest BCUT2D eigenvalue weighted by molar-refractivity contribution is -0.143. The number of rotatable bonds is 10. The summed E-state index contributed by atoms with van der Waals surface area (Å²) in [5.41, 5.74) is -0.249. The average molecular weight is 489 g/mol. The van der Waals surface area contributed by atoms with Crippen LogP contribution in [0.4, 0.5) is 0 Å². The smallest absolute Gasteiger partial charge is 0.333 e. The van der Waals surface area contributed by atoms with Crippen molar-refractivity contribution in [3.8, 4) is 0 Å². The van der Waals surface area contributed by atoms with Crippen LogP contribution in [0.3, 0.4) is 0 Å². The molecule has 1 aromatic carbocycles. The van der Waals surface area contributed by atoms with Crippen molar-refractivity contribution in [3.63, 3.8) is 0 Å². The Bertz CT molecular complexity index is 900. The zero-order chi connectivity index (χ0) is 27.1. The van der Waals surface area contributed by atoms with Gasteiger partial charge < -0.3 is 20.1 Å². The monoisotopic (exact) mass is 488 g/mol. The summed E-state index contributed by atoms with van der Waals surface area (Å²) in [6.45, 7) is 16.8. The number of likely N-dealkylation sites (N-methyl/N-ethyl adjacent to an activating group) is 1. The zero-order valence-corrected chi connectivity index (χ0v) is 23.0. The number of benzene rings is 1. The van der Waals surface area contributed by atoms with E-state index in [2.05, 4.69) is 5.32 Å². The predicted octanol–water partition coefficient (Wildman–Crippen LogP) is 3.85. The first-order chi connectivity index (χ1) is 16.0. The normalized spacial score (nSPS) is 15.3. The van der Waals surface area contributed by atoms with Crippen molar-refractivity contribution >= 4 is 17.8 Å². The van der Waals surface area contributed by atoms with Gasteiger partial charge in [-0.25, -0.2) is 4.79 Å². The lowest BCUT2D eigenvalue weighted by Gasteiger charge is -2.39. The maximum atomic E-state index is 13.7. The first-order valence-corrected chi connectivity index (χ1v) is 12.2. The molecule has 0 fully saturated rings. The number of aliphatic hydroxyl groups is 1. The van der Waals surface area contributed by atoms with Crippen molar-refractivity contribution in [3.05, 3.63) is 47.5 Å². The molecule has 0 aliphatic carbocycles. The standard InChI is InChI=1S/C28H44N2O5/c1-11-35-26(34)19(4)17-21(18(2)3)30(10)25(33)22(27(5,6)7)29-24(32)23(31)28(8,9)20-15-13-12-14-16-20/h12-18,21-23,31H,11H2,1-10H3,(H,29,32)/b19-17+/t21-,22-,23-/m1/s1. The van der Waals surface area contributed by atoms with Crippen LogP contribution in [0.2, 0.25) is 0 Å². The van der Waals surface area contributed by atoms with Crippen molar-refractivity contribution < 1.29 is 24.2 Å². The largest absolute Gasteiger partial charge is 0.463 e. The van der Waals surface area contributed by atoms with Crippen LogP contribution in [0.1, 0.15) is 67.9 Å². The number of nitrogens with zero attached hydrogens (tertiary/aromatic N) is 1. The third-order valence-electron chi connectivity index (χ3n) is 6.35. The minimum Gasteiger partial charge on any atom is -0.463 e. The van der Waals surface area contributed by atoms with Crippen LogP contribution in [-0.2, 0) is 24.5 Å². The lowest BCUT2D eigenvalue weighted by Crippen LogP contribution is -2.59. The number of hydrogen-bond acceptors (Lipinski definition) is 5. The van der Waals surface area contributed by atoms with Crippen molar-refractivity contribution in [2.24, 2.45) is 11.3 Å². The van der Waals surface area contributed by atoms with Crippen molar-refractivity contribution in [2.75, 3.05) is 13.7 Å². The van der Waals surface area contributed by atoms with Crippen molar-refractivity contribution in [1.82, 2.24) is 10.2 Å². The zero-order valence-electron chi connectivity index (χ0n) is 23.0. The second-order valence-corrected chi connectivity index (χ2v) is 11.1. The van der Waals surface area contributed by atoms with E-state index in [9.17, 15) is 19.5 Å². The third kappa shape index (κ3) is 7.92. The molecule has 0 aliphatic heterocycles. The number of hydrogen-bond donors (Lipinski definition) is 2. The Balaban J connectivity index is 3.22. The van der Waals surface area contributed by atoms with E-state index in [0.29, 0.717) is 5.57 Å². The molecule has 7 nitrogen and oxygen atoms in total. The van der Waals surface area contributed by atoms with E-state index in [1.807, 2.05) is 65.0 Å². The summed E-state index contributed by atoms with van der Waals surface area (Å²) in [6, 6.07) is 8.04. The van der Waals surface area contributed by atoms with E-state index in [0.717, 1.165) is 5.56 Å². The van der Waals surface area contributed by atoms with Gasteiger partial charge in [0.05, 0.1) is 12.6 Å². The first-order valence-electron chi connectivity index (χ1n) is 12.2. The highest BCUT2D eigenvalue weighted by Gasteiger charge is 2.41. The highest BCUT2D eigenvalue weighted by atomic mass is 16.5. The topological polar surface area (TPSA) is 95.9 Å². The fourth-order valence-corrected chi connectivity index (χ4v) is 3.89. The van der Waals surface area contributed by atoms with Gasteiger partial charge in [0.15, 0.2) is 0 Å². The third-order valence-corrected chi connectivity index (χ3v) is 6.35. The van der Waals surface area contributed by atoms with Gasteiger partial charge in [-0.2, -0.15) is 0 Å². The summed E-state index contributed by atoms with van der Waals surface area (Å²) < 4.78 is 5.08. The summed E-state index contributed by atoms with van der Waals surface area (Å²) in [4.78, 5) is 40.6. The Morgan fingerprint density at radius 1 is 1.09 bits per heavy atom. The van der Waals surface area contributed by atoms with Gasteiger partial charge >= 0.3 is 5.97 Å². The molecule has 1 aromatic rings. The highest BCUT2D eigenvalue weighted by molar-refractivity contribution is 5.91. The van der Waals surface area contributed by atoms with Gasteiger partial charge in [-0.05, 0) is 30.7 Å². The lowest BCUT2D eigenvalue weighted by atomic mass is 9.78. The number of esters is 1. The molecule has 1 rings (SSSR count). The molecule has 0 radical (unpaired) electrons. The van der Waals surface area contributed by atoms with Crippen LogP contribution >= 0.6 is 0 Å². The summed E-state index contributed by atoms with van der Waals surface area (Å²) in [5, 5.41) is 13.8. The molecular weight excluding hydrogens is 444 g/mol. The fraction of sp³-hybridized carbons (Fsp3) is 0.607. The second-order valence-electron chi connectivity index (χ2n) is 11.1. The van der Waals surface area contributed by atoms with Crippen LogP contribution < -0.4 is 5.32 Å². The molecule has 0 spiro atoms. The van der Waals surface area contributed by atoms with Gasteiger partial charge in [0.2, 0.25) is 11.8 Å². The molecule has 0 saturated heterocycles. The quantitative estimate of drug-likeness (QED) is 0.385. The van der Waals surface area contributed by atoms with Crippen molar-refractivity contribution in [2.45, 2.75) is 85.9 Å². The Hall–Kier alpha value is -2.67. The van der Waals surface area contributed by atoms with Crippen molar-refractivity contribution in [1.29, 1.82) is 0 Å². The van der Waals surface area contributed by atoms with Crippen LogP contribution in [0.5, 0.6) is 0 Å². The molecule has 0 unspecified atom stereocenters. The molecular formula is C28H44N2O5. The van der Waals surface area contributed by atoms with E-state index < -0.39 is 34.9 Å². The summed E-state index contributed by atoms with van der Waals surface area (Å²) in [7, 11) is 1.66. The summed E-state index contributed by atoms with van der Waals surface area (Å²) in [6.07, 6.45) is 0.370. The summed E-state index contributed by atoms with van der Waals surface area (Å²) in [5.74, 6) is -1.33. The average Bonchev–Trinajstić information content (AvgIpc) is 2.78. The van der Waals surface area contributed by atoms with E-state index in [-0.39, 0.29) is 24.5 Å². The fourth-order valence-electron chi connectivity index (χ4n) is 3.89. The number of ether oxygens (including phenoxy) is 1. The molecule has 0 bridgehead atoms. The van der Waals surface area contributed by atoms with E-state index in [4.69, 9.17) is 4.74 Å². The van der Waals surface area contributed by atoms with Crippen LogP contribution in [0.25, 0.3) is 0 Å². The van der Waals surface area contributed by atoms with Crippen LogP contribution in [-0.4, -0.2) is 59.6 Å². The minimum atomic E-state index is -1.36. The Kier molecular flexibility index (Phi) is 10.7. The molecule has 0 aromatic heterocycles. The molecule has 0 heterocycles. The molecule has 2 amide bonds. The molecule has 0 saturated carbocycles. The number of carbonyl (C=O) groups excluding carboxylic acids is 3. The molecule has 35 heavy (non-hydrogen) atoms. The van der Waals surface area contributed by atoms with E-state index >= 15 is 0 Å². The highest BCUT2D eigenvalue weighted by Crippen LogP contribution is 2.29. The Morgan fingerprint density at radius 2 is 1.63 bits per heavy atom. The van der Waals surface area contributed by atoms with Crippen LogP contribution in [0.15, 0.2) is 42.0 Å². The van der Waals surface area contributed by atoms with E-state index in [1.165, 1.54) is 0 Å². The Labute approximate surface area is 210 Å². The minimum absolute atomic E-state index is 0.00671. The van der Waals surface area contributed by atoms with Crippen LogP contribution in [0, 0.1) is 11.3 Å². The predicted molar refractivity (Wildman–Crippen MR) is 139 cm³/mol. The van der Waals surface area contributed by atoms with E-state index in [1.54, 1.807) is 45.7 Å². The first kappa shape index (κ1) is 30.4. The maximum Gasteiger partial charge on any atom is 0.333 e. The molecule has 7 heteroatoms. The molecule has 2 N–H and O–H groups in total. The molecule has 196 valence electrons. The van der Waals surface area contributed by atoms with Gasteiger partial charge in [0, 0.05) is 18.0 Å². The summed E-state index contributed by atoms with van der Waals surface area (Å²) >= 11 is 0. The number of nitrogens with one attached hydrogen (secondary N) is 1. The van der Waals surface area contributed by atoms with Gasteiger partial charge in [0.25, 0.3) is 0 Å². The molecule has 3 atom stereocenters. The number of carbonyl (C=O) groups is 3. The maximum absolute atomic E-state index is 13.7. The second kappa shape index (κ2) is 12.3. The van der Waals surface area contributed by atoms with Gasteiger partial charge in [-0.15, -0.1) is 0 Å².